The Hall–Kier alpha value is -2.98. The number of hydrogen-bond acceptors (Lipinski definition) is 7. The number of aryl methyl sites for hydroxylation is 4. The largest absolute Gasteiger partial charge is 0.496 e. The van der Waals surface area contributed by atoms with Gasteiger partial charge in [0, 0.05) is 37.9 Å². The molecule has 9 nitrogen and oxygen atoms in total. The van der Waals surface area contributed by atoms with Gasteiger partial charge in [0.1, 0.15) is 29.5 Å². The average molecular weight is 471 g/mol. The lowest BCUT2D eigenvalue weighted by molar-refractivity contribution is 0.383. The smallest absolute Gasteiger partial charge is 0.243 e. The molecule has 1 aromatic carbocycles. The van der Waals surface area contributed by atoms with Crippen LogP contribution < -0.4 is 9.64 Å². The number of nitrogens with zero attached hydrogens (tertiary/aromatic N) is 6. The Balaban J connectivity index is 1.55. The minimum Gasteiger partial charge on any atom is -0.496 e. The number of sulfonamides is 1. The van der Waals surface area contributed by atoms with Gasteiger partial charge in [0.05, 0.1) is 17.7 Å². The van der Waals surface area contributed by atoms with E-state index in [0.717, 1.165) is 28.6 Å². The van der Waals surface area contributed by atoms with Gasteiger partial charge in [-0.05, 0) is 57.9 Å². The van der Waals surface area contributed by atoms with Crippen molar-refractivity contribution >= 4 is 15.8 Å². The summed E-state index contributed by atoms with van der Waals surface area (Å²) >= 11 is 0. The van der Waals surface area contributed by atoms with Gasteiger partial charge < -0.3 is 9.64 Å². The zero-order valence-corrected chi connectivity index (χ0v) is 20.8. The lowest BCUT2D eigenvalue weighted by Gasteiger charge is -2.35. The van der Waals surface area contributed by atoms with Crippen LogP contribution in [0.25, 0.3) is 5.82 Å². The van der Waals surface area contributed by atoms with Crippen molar-refractivity contribution in [3.05, 3.63) is 52.9 Å². The summed E-state index contributed by atoms with van der Waals surface area (Å²) in [7, 11) is -2.01. The second-order valence-electron chi connectivity index (χ2n) is 8.40. The van der Waals surface area contributed by atoms with E-state index in [0.29, 0.717) is 48.2 Å². The molecule has 1 aliphatic heterocycles. The van der Waals surface area contributed by atoms with Gasteiger partial charge in [-0.15, -0.1) is 0 Å². The number of hydrogen-bond donors (Lipinski definition) is 0. The van der Waals surface area contributed by atoms with Gasteiger partial charge in [0.15, 0.2) is 0 Å². The van der Waals surface area contributed by atoms with Crippen molar-refractivity contribution in [2.45, 2.75) is 39.5 Å². The highest BCUT2D eigenvalue weighted by Gasteiger charge is 2.31. The molecule has 4 rings (SSSR count). The minimum atomic E-state index is -3.60. The first-order valence-electron chi connectivity index (χ1n) is 10.9. The molecule has 2 aromatic heterocycles. The molecule has 10 heteroatoms. The molecule has 0 saturated carbocycles. The molecule has 176 valence electrons. The molecule has 1 aliphatic rings. The highest BCUT2D eigenvalue weighted by Crippen LogP contribution is 2.29. The fourth-order valence-electron chi connectivity index (χ4n) is 4.11. The number of rotatable bonds is 5. The molecule has 1 fully saturated rings. The topological polar surface area (TPSA) is 93.5 Å². The molecule has 33 heavy (non-hydrogen) atoms. The lowest BCUT2D eigenvalue weighted by atomic mass is 10.1. The van der Waals surface area contributed by atoms with Crippen LogP contribution in [0.15, 0.2) is 29.4 Å². The van der Waals surface area contributed by atoms with Crippen LogP contribution in [0.5, 0.6) is 5.75 Å². The van der Waals surface area contributed by atoms with Gasteiger partial charge in [-0.25, -0.2) is 23.4 Å². The Morgan fingerprint density at radius 3 is 2.15 bits per heavy atom. The number of anilines is 1. The number of aromatic nitrogens is 4. The second-order valence-corrected chi connectivity index (χ2v) is 10.3. The van der Waals surface area contributed by atoms with Gasteiger partial charge in [-0.3, -0.25) is 4.57 Å². The summed E-state index contributed by atoms with van der Waals surface area (Å²) < 4.78 is 35.6. The number of imidazole rings is 1. The van der Waals surface area contributed by atoms with Crippen LogP contribution in [0.3, 0.4) is 0 Å². The highest BCUT2D eigenvalue weighted by molar-refractivity contribution is 7.89. The molecule has 0 aliphatic carbocycles. The van der Waals surface area contributed by atoms with Crippen LogP contribution in [0.4, 0.5) is 5.82 Å². The van der Waals surface area contributed by atoms with Crippen LogP contribution in [0, 0.1) is 34.6 Å². The minimum absolute atomic E-state index is 0.334. The molecule has 0 spiro atoms. The summed E-state index contributed by atoms with van der Waals surface area (Å²) in [5, 5.41) is 0. The van der Waals surface area contributed by atoms with Crippen molar-refractivity contribution in [1.82, 2.24) is 23.8 Å². The zero-order valence-electron chi connectivity index (χ0n) is 20.0. The molecular weight excluding hydrogens is 440 g/mol. The number of ether oxygens (including phenoxy) is 1. The summed E-state index contributed by atoms with van der Waals surface area (Å²) in [6, 6.07) is 5.41. The van der Waals surface area contributed by atoms with E-state index in [1.165, 1.54) is 0 Å². The molecule has 0 bridgehead atoms. The summed E-state index contributed by atoms with van der Waals surface area (Å²) in [6.07, 6.45) is 1.76. The van der Waals surface area contributed by atoms with E-state index in [1.54, 1.807) is 36.8 Å². The standard InChI is InChI=1S/C23H30N6O3S/c1-15-12-21(16(2)11-20(15)32-6)33(30,31)28-9-7-27(8-10-28)22-13-23(26-19(5)25-22)29-14-24-17(3)18(29)4/h11-14H,7-10H2,1-6H3. The highest BCUT2D eigenvalue weighted by atomic mass is 32.2. The maximum Gasteiger partial charge on any atom is 0.243 e. The molecule has 0 atom stereocenters. The third-order valence-electron chi connectivity index (χ3n) is 6.18. The molecule has 0 N–H and O–H groups in total. The summed E-state index contributed by atoms with van der Waals surface area (Å²) in [5.74, 6) is 2.90. The van der Waals surface area contributed by atoms with Crippen LogP contribution in [0.2, 0.25) is 0 Å². The van der Waals surface area contributed by atoms with E-state index in [2.05, 4.69) is 19.9 Å². The van der Waals surface area contributed by atoms with Gasteiger partial charge in [0.2, 0.25) is 10.0 Å². The normalized spacial score (nSPS) is 15.2. The fourth-order valence-corrected chi connectivity index (χ4v) is 5.82. The molecule has 3 heterocycles. The third kappa shape index (κ3) is 4.32. The molecule has 0 unspecified atom stereocenters. The lowest BCUT2D eigenvalue weighted by Crippen LogP contribution is -2.49. The molecule has 1 saturated heterocycles. The zero-order chi connectivity index (χ0) is 23.9. The maximum absolute atomic E-state index is 13.4. The first kappa shape index (κ1) is 23.2. The first-order chi connectivity index (χ1) is 15.6. The second kappa shape index (κ2) is 8.75. The molecule has 0 radical (unpaired) electrons. The van der Waals surface area contributed by atoms with Crippen LogP contribution in [0.1, 0.15) is 28.3 Å². The van der Waals surface area contributed by atoms with Gasteiger partial charge >= 0.3 is 0 Å². The van der Waals surface area contributed by atoms with Crippen molar-refractivity contribution in [2.24, 2.45) is 0 Å². The van der Waals surface area contributed by atoms with E-state index in [-0.39, 0.29) is 0 Å². The van der Waals surface area contributed by atoms with Crippen molar-refractivity contribution in [3.63, 3.8) is 0 Å². The van der Waals surface area contributed by atoms with Crippen molar-refractivity contribution < 1.29 is 13.2 Å². The number of piperazine rings is 1. The van der Waals surface area contributed by atoms with Crippen molar-refractivity contribution in [3.8, 4) is 11.6 Å². The number of benzene rings is 1. The Morgan fingerprint density at radius 1 is 0.879 bits per heavy atom. The fraction of sp³-hybridized carbons (Fsp3) is 0.435. The van der Waals surface area contributed by atoms with Crippen molar-refractivity contribution in [1.29, 1.82) is 0 Å². The molecule has 3 aromatic rings. The summed E-state index contributed by atoms with van der Waals surface area (Å²) in [5.41, 5.74) is 3.46. The van der Waals surface area contributed by atoms with Gasteiger partial charge in [-0.2, -0.15) is 4.31 Å². The maximum atomic E-state index is 13.4. The Kier molecular flexibility index (Phi) is 6.15. The predicted octanol–water partition coefficient (Wildman–Crippen LogP) is 2.72. The van der Waals surface area contributed by atoms with Crippen LogP contribution in [-0.4, -0.2) is 65.5 Å². The molecular formula is C23H30N6O3S. The van der Waals surface area contributed by atoms with E-state index >= 15 is 0 Å². The third-order valence-corrected chi connectivity index (χ3v) is 8.22. The van der Waals surface area contributed by atoms with Crippen LogP contribution >= 0.6 is 0 Å². The van der Waals surface area contributed by atoms with Gasteiger partial charge in [-0.1, -0.05) is 0 Å². The summed E-state index contributed by atoms with van der Waals surface area (Å²) in [4.78, 5) is 16.0. The summed E-state index contributed by atoms with van der Waals surface area (Å²) in [6.45, 7) is 11.4. The van der Waals surface area contributed by atoms with Crippen molar-refractivity contribution in [2.75, 3.05) is 38.2 Å². The first-order valence-corrected chi connectivity index (χ1v) is 12.3. The Labute approximate surface area is 195 Å². The quantitative estimate of drug-likeness (QED) is 0.566. The number of methoxy groups -OCH3 is 1. The Morgan fingerprint density at radius 2 is 1.55 bits per heavy atom. The monoisotopic (exact) mass is 470 g/mol. The van der Waals surface area contributed by atoms with E-state index in [4.69, 9.17) is 4.74 Å². The molecule has 0 amide bonds. The average Bonchev–Trinajstić information content (AvgIpc) is 3.13. The van der Waals surface area contributed by atoms with E-state index < -0.39 is 10.0 Å². The van der Waals surface area contributed by atoms with Crippen LogP contribution in [-0.2, 0) is 10.0 Å². The SMILES string of the molecule is COc1cc(C)c(S(=O)(=O)N2CCN(c3cc(-n4cnc(C)c4C)nc(C)n3)CC2)cc1C. The Bertz CT molecular complexity index is 1290. The predicted molar refractivity (Wildman–Crippen MR) is 127 cm³/mol. The van der Waals surface area contributed by atoms with E-state index in [1.807, 2.05) is 38.3 Å². The van der Waals surface area contributed by atoms with E-state index in [9.17, 15) is 8.42 Å². The van der Waals surface area contributed by atoms with Gasteiger partial charge in [0.25, 0.3) is 0 Å².